The first-order chi connectivity index (χ1) is 20.0. The molecule has 0 aliphatic rings. The fourth-order valence-electron chi connectivity index (χ4n) is 4.58. The Morgan fingerprint density at radius 1 is 0.952 bits per heavy atom. The lowest BCUT2D eigenvalue weighted by atomic mass is 10.0. The number of amides is 2. The third kappa shape index (κ3) is 9.58. The number of sulfonamides is 1. The number of methoxy groups -OCH3 is 1. The quantitative estimate of drug-likeness (QED) is 0.272. The Hall–Kier alpha value is -3.92. The molecule has 0 aliphatic carbocycles. The molecule has 0 aromatic heterocycles. The SMILES string of the molecule is COc1cccc(CN(C(=O)CCCN(c2ccccc2F)S(C)(=O)=O)[C@H](Cc2ccccc2)C(=O)NCC(C)C)c1. The number of carbonyl (C=O) groups is 2. The highest BCUT2D eigenvalue weighted by Gasteiger charge is 2.31. The number of halogens is 1. The fourth-order valence-corrected chi connectivity index (χ4v) is 5.55. The average molecular weight is 598 g/mol. The van der Waals surface area contributed by atoms with Gasteiger partial charge in [-0.15, -0.1) is 0 Å². The zero-order chi connectivity index (χ0) is 30.7. The van der Waals surface area contributed by atoms with E-state index in [1.165, 1.54) is 18.2 Å². The van der Waals surface area contributed by atoms with Crippen molar-refractivity contribution in [3.63, 3.8) is 0 Å². The van der Waals surface area contributed by atoms with Gasteiger partial charge >= 0.3 is 0 Å². The Kier molecular flexibility index (Phi) is 11.9. The van der Waals surface area contributed by atoms with Crippen LogP contribution in [-0.4, -0.2) is 57.6 Å². The van der Waals surface area contributed by atoms with E-state index in [1.54, 1.807) is 24.1 Å². The van der Waals surface area contributed by atoms with Crippen LogP contribution in [0.3, 0.4) is 0 Å². The van der Waals surface area contributed by atoms with Crippen molar-refractivity contribution < 1.29 is 27.1 Å². The smallest absolute Gasteiger partial charge is 0.243 e. The number of hydrogen-bond acceptors (Lipinski definition) is 5. The Labute approximate surface area is 248 Å². The third-order valence-electron chi connectivity index (χ3n) is 6.72. The molecular formula is C32H40FN3O5S. The Morgan fingerprint density at radius 3 is 2.26 bits per heavy atom. The lowest BCUT2D eigenvalue weighted by Gasteiger charge is -2.32. The van der Waals surface area contributed by atoms with E-state index in [2.05, 4.69) is 5.32 Å². The van der Waals surface area contributed by atoms with Crippen LogP contribution in [0.5, 0.6) is 5.75 Å². The van der Waals surface area contributed by atoms with Gasteiger partial charge in [0, 0.05) is 32.5 Å². The van der Waals surface area contributed by atoms with E-state index in [9.17, 15) is 22.4 Å². The summed E-state index contributed by atoms with van der Waals surface area (Å²) >= 11 is 0. The Morgan fingerprint density at radius 2 is 1.62 bits per heavy atom. The van der Waals surface area contributed by atoms with Gasteiger partial charge in [-0.05, 0) is 47.7 Å². The molecule has 0 aliphatic heterocycles. The van der Waals surface area contributed by atoms with Crippen LogP contribution in [0.2, 0.25) is 0 Å². The zero-order valence-corrected chi connectivity index (χ0v) is 25.4. The standard InChI is InChI=1S/C32H40FN3O5S/c1-24(2)22-34-32(38)30(21-25-12-6-5-7-13-25)35(23-26-14-10-15-27(20-26)41-3)31(37)18-11-19-36(42(4,39)40)29-17-9-8-16-28(29)33/h5-10,12-17,20,24,30H,11,18-19,21-23H2,1-4H3,(H,34,38)/t30-/m1/s1. The van der Waals surface area contributed by atoms with Crippen LogP contribution < -0.4 is 14.4 Å². The van der Waals surface area contributed by atoms with Crippen molar-refractivity contribution in [3.8, 4) is 5.75 Å². The third-order valence-corrected chi connectivity index (χ3v) is 7.90. The summed E-state index contributed by atoms with van der Waals surface area (Å²) < 4.78 is 45.9. The number of anilines is 1. The highest BCUT2D eigenvalue weighted by molar-refractivity contribution is 7.92. The predicted octanol–water partition coefficient (Wildman–Crippen LogP) is 4.79. The minimum Gasteiger partial charge on any atom is -0.497 e. The van der Waals surface area contributed by atoms with Gasteiger partial charge in [-0.3, -0.25) is 13.9 Å². The van der Waals surface area contributed by atoms with Gasteiger partial charge < -0.3 is 15.0 Å². The number of ether oxygens (including phenoxy) is 1. The first kappa shape index (κ1) is 32.6. The Bertz CT molecular complexity index is 1430. The van der Waals surface area contributed by atoms with Crippen LogP contribution in [0.1, 0.15) is 37.8 Å². The van der Waals surface area contributed by atoms with Crippen LogP contribution in [0.15, 0.2) is 78.9 Å². The lowest BCUT2D eigenvalue weighted by molar-refractivity contribution is -0.141. The number of benzene rings is 3. The summed E-state index contributed by atoms with van der Waals surface area (Å²) in [7, 11) is -2.25. The molecule has 8 nitrogen and oxygen atoms in total. The molecule has 0 radical (unpaired) electrons. The van der Waals surface area contributed by atoms with Crippen LogP contribution in [-0.2, 0) is 32.6 Å². The van der Waals surface area contributed by atoms with Gasteiger partial charge in [0.15, 0.2) is 0 Å². The maximum Gasteiger partial charge on any atom is 0.243 e. The maximum atomic E-state index is 14.5. The normalized spacial score (nSPS) is 12.0. The molecule has 1 atom stereocenters. The maximum absolute atomic E-state index is 14.5. The number of hydrogen-bond donors (Lipinski definition) is 1. The molecule has 10 heteroatoms. The minimum absolute atomic E-state index is 0.0484. The van der Waals surface area contributed by atoms with Gasteiger partial charge in [-0.25, -0.2) is 12.8 Å². The molecule has 0 heterocycles. The average Bonchev–Trinajstić information content (AvgIpc) is 2.96. The van der Waals surface area contributed by atoms with Crippen molar-refractivity contribution in [2.45, 2.75) is 45.7 Å². The van der Waals surface area contributed by atoms with Crippen LogP contribution >= 0.6 is 0 Å². The van der Waals surface area contributed by atoms with E-state index < -0.39 is 21.9 Å². The molecule has 0 fully saturated rings. The molecule has 226 valence electrons. The summed E-state index contributed by atoms with van der Waals surface area (Å²) in [5.74, 6) is -0.418. The molecule has 3 aromatic carbocycles. The number of rotatable bonds is 15. The van der Waals surface area contributed by atoms with Gasteiger partial charge in [-0.2, -0.15) is 0 Å². The second-order valence-corrected chi connectivity index (χ2v) is 12.5. The minimum atomic E-state index is -3.81. The van der Waals surface area contributed by atoms with Gasteiger partial charge in [0.05, 0.1) is 19.1 Å². The Balaban J connectivity index is 1.90. The molecule has 3 aromatic rings. The van der Waals surface area contributed by atoms with E-state index in [0.717, 1.165) is 21.7 Å². The van der Waals surface area contributed by atoms with Crippen LogP contribution in [0.4, 0.5) is 10.1 Å². The second kappa shape index (κ2) is 15.3. The topological polar surface area (TPSA) is 96.0 Å². The predicted molar refractivity (Wildman–Crippen MR) is 163 cm³/mol. The molecule has 2 amide bonds. The van der Waals surface area contributed by atoms with Gasteiger partial charge in [0.2, 0.25) is 21.8 Å². The van der Waals surface area contributed by atoms with Crippen molar-refractivity contribution in [3.05, 3.63) is 95.8 Å². The van der Waals surface area contributed by atoms with Gasteiger partial charge in [0.1, 0.15) is 17.6 Å². The fraction of sp³-hybridized carbons (Fsp3) is 0.375. The number of nitrogens with one attached hydrogen (secondary N) is 1. The summed E-state index contributed by atoms with van der Waals surface area (Å²) in [5.41, 5.74) is 1.60. The summed E-state index contributed by atoms with van der Waals surface area (Å²) in [6.07, 6.45) is 1.38. The van der Waals surface area contributed by atoms with Crippen LogP contribution in [0, 0.1) is 11.7 Å². The van der Waals surface area contributed by atoms with E-state index in [4.69, 9.17) is 4.74 Å². The second-order valence-electron chi connectivity index (χ2n) is 10.6. The van der Waals surface area contributed by atoms with E-state index >= 15 is 0 Å². The summed E-state index contributed by atoms with van der Waals surface area (Å²) in [5, 5.41) is 2.98. The van der Waals surface area contributed by atoms with Crippen molar-refractivity contribution in [1.82, 2.24) is 10.2 Å². The van der Waals surface area contributed by atoms with Crippen molar-refractivity contribution in [1.29, 1.82) is 0 Å². The molecule has 42 heavy (non-hydrogen) atoms. The summed E-state index contributed by atoms with van der Waals surface area (Å²) in [6, 6.07) is 21.6. The van der Waals surface area contributed by atoms with Crippen LogP contribution in [0.25, 0.3) is 0 Å². The van der Waals surface area contributed by atoms with Crippen molar-refractivity contribution in [2.75, 3.05) is 30.8 Å². The first-order valence-electron chi connectivity index (χ1n) is 14.0. The number of para-hydroxylation sites is 1. The number of nitrogens with zero attached hydrogens (tertiary/aromatic N) is 2. The van der Waals surface area contributed by atoms with E-state index in [-0.39, 0.29) is 49.4 Å². The summed E-state index contributed by atoms with van der Waals surface area (Å²) in [4.78, 5) is 29.0. The number of carbonyl (C=O) groups excluding carboxylic acids is 2. The first-order valence-corrected chi connectivity index (χ1v) is 15.8. The molecule has 0 bridgehead atoms. The largest absolute Gasteiger partial charge is 0.497 e. The van der Waals surface area contributed by atoms with Gasteiger partial charge in [-0.1, -0.05) is 68.4 Å². The highest BCUT2D eigenvalue weighted by Crippen LogP contribution is 2.23. The zero-order valence-electron chi connectivity index (χ0n) is 24.6. The van der Waals surface area contributed by atoms with Crippen molar-refractivity contribution >= 4 is 27.5 Å². The lowest BCUT2D eigenvalue weighted by Crippen LogP contribution is -2.51. The molecule has 0 spiro atoms. The highest BCUT2D eigenvalue weighted by atomic mass is 32.2. The molecule has 1 N–H and O–H groups in total. The summed E-state index contributed by atoms with van der Waals surface area (Å²) in [6.45, 7) is 4.49. The molecule has 0 saturated carbocycles. The molecular weight excluding hydrogens is 557 g/mol. The van der Waals surface area contributed by atoms with E-state index in [0.29, 0.717) is 18.7 Å². The van der Waals surface area contributed by atoms with Crippen molar-refractivity contribution in [2.24, 2.45) is 5.92 Å². The molecule has 0 saturated heterocycles. The molecule has 3 rings (SSSR count). The van der Waals surface area contributed by atoms with Gasteiger partial charge in [0.25, 0.3) is 0 Å². The molecule has 0 unspecified atom stereocenters. The van der Waals surface area contributed by atoms with E-state index in [1.807, 2.05) is 62.4 Å². The monoisotopic (exact) mass is 597 g/mol.